The van der Waals surface area contributed by atoms with E-state index < -0.39 is 5.82 Å². The summed E-state index contributed by atoms with van der Waals surface area (Å²) in [5.74, 6) is -0.521. The van der Waals surface area contributed by atoms with Crippen molar-refractivity contribution in [1.29, 1.82) is 0 Å². The van der Waals surface area contributed by atoms with Crippen LogP contribution in [0.3, 0.4) is 0 Å². The molecule has 0 unspecified atom stereocenters. The minimum atomic E-state index is -0.410. The molecule has 0 aliphatic heterocycles. The van der Waals surface area contributed by atoms with Crippen molar-refractivity contribution in [3.63, 3.8) is 0 Å². The molecule has 0 saturated carbocycles. The zero-order valence-corrected chi connectivity index (χ0v) is 13.6. The number of hydrogen-bond acceptors (Lipinski definition) is 1. The molecule has 0 heterocycles. The smallest absolute Gasteiger partial charge is 0.224 e. The van der Waals surface area contributed by atoms with Crippen LogP contribution in [-0.2, 0) is 4.79 Å². The number of carbonyl (C=O) groups excluding carboxylic acids is 1. The average Bonchev–Trinajstić information content (AvgIpc) is 2.41. The van der Waals surface area contributed by atoms with Crippen molar-refractivity contribution in [2.45, 2.75) is 58.3 Å². The normalized spacial score (nSPS) is 10.6. The fraction of sp³-hybridized carbons (Fsp3) is 0.562. The number of amides is 1. The van der Waals surface area contributed by atoms with Gasteiger partial charge in [-0.05, 0) is 24.6 Å². The standard InChI is InChI=1S/C16H23BrFNO/c1-2-3-4-5-6-7-8-9-16(20)19-15-11-10-13(17)12-14(15)18/h10-12H,2-9H2,1H3,(H,19,20). The molecule has 0 bridgehead atoms. The summed E-state index contributed by atoms with van der Waals surface area (Å²) in [4.78, 5) is 11.7. The zero-order valence-electron chi connectivity index (χ0n) is 12.1. The van der Waals surface area contributed by atoms with Crippen LogP contribution in [0.25, 0.3) is 0 Å². The van der Waals surface area contributed by atoms with E-state index in [9.17, 15) is 9.18 Å². The highest BCUT2D eigenvalue weighted by atomic mass is 79.9. The van der Waals surface area contributed by atoms with Crippen LogP contribution >= 0.6 is 15.9 Å². The number of nitrogens with one attached hydrogen (secondary N) is 1. The van der Waals surface area contributed by atoms with Crippen LogP contribution in [0.15, 0.2) is 22.7 Å². The molecule has 0 atom stereocenters. The van der Waals surface area contributed by atoms with E-state index in [1.807, 2.05) is 0 Å². The second-order valence-corrected chi connectivity index (χ2v) is 5.96. The van der Waals surface area contributed by atoms with Gasteiger partial charge in [-0.25, -0.2) is 4.39 Å². The maximum absolute atomic E-state index is 13.5. The van der Waals surface area contributed by atoms with E-state index in [0.29, 0.717) is 10.9 Å². The van der Waals surface area contributed by atoms with Crippen molar-refractivity contribution in [3.05, 3.63) is 28.5 Å². The maximum Gasteiger partial charge on any atom is 0.224 e. The van der Waals surface area contributed by atoms with Gasteiger partial charge < -0.3 is 5.32 Å². The third kappa shape index (κ3) is 7.04. The van der Waals surface area contributed by atoms with Crippen LogP contribution in [0.5, 0.6) is 0 Å². The lowest BCUT2D eigenvalue weighted by atomic mass is 10.1. The lowest BCUT2D eigenvalue weighted by molar-refractivity contribution is -0.116. The predicted octanol–water partition coefficient (Wildman–Crippen LogP) is 5.67. The molecule has 0 aliphatic carbocycles. The highest BCUT2D eigenvalue weighted by molar-refractivity contribution is 9.10. The number of halogens is 2. The lowest BCUT2D eigenvalue weighted by Gasteiger charge is -2.06. The van der Waals surface area contributed by atoms with Gasteiger partial charge in [0.05, 0.1) is 5.69 Å². The first kappa shape index (κ1) is 17.2. The average molecular weight is 344 g/mol. The van der Waals surface area contributed by atoms with Gasteiger partial charge in [0.1, 0.15) is 5.82 Å². The third-order valence-corrected chi connectivity index (χ3v) is 3.71. The van der Waals surface area contributed by atoms with Gasteiger partial charge in [-0.15, -0.1) is 0 Å². The monoisotopic (exact) mass is 343 g/mol. The first-order chi connectivity index (χ1) is 9.63. The SMILES string of the molecule is CCCCCCCCCC(=O)Nc1ccc(Br)cc1F. The van der Waals surface area contributed by atoms with Crippen LogP contribution in [0.1, 0.15) is 58.3 Å². The molecule has 1 amide bonds. The predicted molar refractivity (Wildman–Crippen MR) is 85.3 cm³/mol. The van der Waals surface area contributed by atoms with E-state index in [4.69, 9.17) is 0 Å². The molecule has 112 valence electrons. The van der Waals surface area contributed by atoms with Crippen LogP contribution in [0, 0.1) is 5.82 Å². The molecule has 0 aromatic heterocycles. The molecule has 0 fully saturated rings. The Labute approximate surface area is 129 Å². The van der Waals surface area contributed by atoms with Crippen molar-refractivity contribution in [2.24, 2.45) is 0 Å². The fourth-order valence-electron chi connectivity index (χ4n) is 2.05. The second kappa shape index (κ2) is 9.92. The van der Waals surface area contributed by atoms with Gasteiger partial charge in [0, 0.05) is 10.9 Å². The Morgan fingerprint density at radius 1 is 1.15 bits per heavy atom. The summed E-state index contributed by atoms with van der Waals surface area (Å²) in [6.45, 7) is 2.20. The number of benzene rings is 1. The maximum atomic E-state index is 13.5. The number of carbonyl (C=O) groups is 1. The van der Waals surface area contributed by atoms with Gasteiger partial charge in [-0.2, -0.15) is 0 Å². The summed E-state index contributed by atoms with van der Waals surface area (Å²) >= 11 is 3.19. The molecule has 1 N–H and O–H groups in total. The van der Waals surface area contributed by atoms with Crippen molar-refractivity contribution in [3.8, 4) is 0 Å². The van der Waals surface area contributed by atoms with Gasteiger partial charge in [0.2, 0.25) is 5.91 Å². The number of unbranched alkanes of at least 4 members (excludes halogenated alkanes) is 6. The van der Waals surface area contributed by atoms with E-state index >= 15 is 0 Å². The van der Waals surface area contributed by atoms with E-state index in [-0.39, 0.29) is 11.6 Å². The third-order valence-electron chi connectivity index (χ3n) is 3.21. The number of hydrogen-bond donors (Lipinski definition) is 1. The Hall–Kier alpha value is -0.900. The minimum absolute atomic E-state index is 0.111. The van der Waals surface area contributed by atoms with Crippen LogP contribution in [0.2, 0.25) is 0 Å². The summed E-state index contributed by atoms with van der Waals surface area (Å²) in [7, 11) is 0. The first-order valence-corrected chi connectivity index (χ1v) is 8.17. The van der Waals surface area contributed by atoms with E-state index in [2.05, 4.69) is 28.2 Å². The van der Waals surface area contributed by atoms with Crippen molar-refractivity contribution >= 4 is 27.5 Å². The molecule has 1 aromatic rings. The van der Waals surface area contributed by atoms with E-state index in [1.54, 1.807) is 12.1 Å². The largest absolute Gasteiger partial charge is 0.324 e. The summed E-state index contributed by atoms with van der Waals surface area (Å²) in [6, 6.07) is 4.64. The second-order valence-electron chi connectivity index (χ2n) is 5.04. The molecule has 4 heteroatoms. The molecule has 0 spiro atoms. The van der Waals surface area contributed by atoms with Crippen molar-refractivity contribution < 1.29 is 9.18 Å². The highest BCUT2D eigenvalue weighted by Crippen LogP contribution is 2.19. The van der Waals surface area contributed by atoms with Gasteiger partial charge in [0.15, 0.2) is 0 Å². The Kier molecular flexibility index (Phi) is 8.51. The van der Waals surface area contributed by atoms with Gasteiger partial charge in [0.25, 0.3) is 0 Å². The lowest BCUT2D eigenvalue weighted by Crippen LogP contribution is -2.12. The summed E-state index contributed by atoms with van der Waals surface area (Å²) < 4.78 is 14.2. The Morgan fingerprint density at radius 3 is 2.45 bits per heavy atom. The van der Waals surface area contributed by atoms with Crippen molar-refractivity contribution in [1.82, 2.24) is 0 Å². The highest BCUT2D eigenvalue weighted by Gasteiger charge is 2.07. The van der Waals surface area contributed by atoms with Crippen molar-refractivity contribution in [2.75, 3.05) is 5.32 Å². The van der Waals surface area contributed by atoms with E-state index in [1.165, 1.54) is 38.2 Å². The summed E-state index contributed by atoms with van der Waals surface area (Å²) in [6.07, 6.45) is 8.66. The van der Waals surface area contributed by atoms with Crippen LogP contribution in [0.4, 0.5) is 10.1 Å². The minimum Gasteiger partial charge on any atom is -0.324 e. The molecular formula is C16H23BrFNO. The first-order valence-electron chi connectivity index (χ1n) is 7.38. The Balaban J connectivity index is 2.17. The molecule has 1 aromatic carbocycles. The number of rotatable bonds is 9. The van der Waals surface area contributed by atoms with E-state index in [0.717, 1.165) is 12.8 Å². The van der Waals surface area contributed by atoms with Gasteiger partial charge >= 0.3 is 0 Å². The Morgan fingerprint density at radius 2 is 1.80 bits per heavy atom. The molecule has 1 rings (SSSR count). The molecule has 0 saturated heterocycles. The summed E-state index contributed by atoms with van der Waals surface area (Å²) in [5.41, 5.74) is 0.251. The van der Waals surface area contributed by atoms with Crippen LogP contribution in [-0.4, -0.2) is 5.91 Å². The van der Waals surface area contributed by atoms with Gasteiger partial charge in [-0.3, -0.25) is 4.79 Å². The summed E-state index contributed by atoms with van der Waals surface area (Å²) in [5, 5.41) is 2.61. The molecule has 2 nitrogen and oxygen atoms in total. The fourth-order valence-corrected chi connectivity index (χ4v) is 2.38. The molecule has 0 radical (unpaired) electrons. The molecule has 20 heavy (non-hydrogen) atoms. The zero-order chi connectivity index (χ0) is 14.8. The quantitative estimate of drug-likeness (QED) is 0.575. The molecular weight excluding hydrogens is 321 g/mol. The van der Waals surface area contributed by atoms with Crippen LogP contribution < -0.4 is 5.32 Å². The Bertz CT molecular complexity index is 423. The van der Waals surface area contributed by atoms with Gasteiger partial charge in [-0.1, -0.05) is 61.4 Å². The number of anilines is 1. The molecule has 0 aliphatic rings. The topological polar surface area (TPSA) is 29.1 Å².